The van der Waals surface area contributed by atoms with Gasteiger partial charge in [0, 0.05) is 0 Å². The number of carboxylic acids is 1. The van der Waals surface area contributed by atoms with Crippen molar-refractivity contribution in [2.24, 2.45) is 0 Å². The number of halogens is 1. The number of aromatic carboxylic acids is 1. The molecular weight excluding hydrogens is 199 g/mol. The van der Waals surface area contributed by atoms with Crippen molar-refractivity contribution in [2.75, 3.05) is 6.61 Å². The minimum atomic E-state index is -1.30. The maximum absolute atomic E-state index is 13.5. The molecule has 1 rings (SSSR count). The van der Waals surface area contributed by atoms with E-state index in [1.165, 1.54) is 19.1 Å². The Bertz CT molecular complexity index is 374. The highest BCUT2D eigenvalue weighted by molar-refractivity contribution is 5.91. The van der Waals surface area contributed by atoms with Crippen molar-refractivity contribution in [2.45, 2.75) is 20.3 Å². The summed E-state index contributed by atoms with van der Waals surface area (Å²) in [6, 6.07) is 2.99. The van der Waals surface area contributed by atoms with Crippen LogP contribution < -0.4 is 4.74 Å². The quantitative estimate of drug-likeness (QED) is 0.834. The molecule has 1 aromatic carbocycles. The van der Waals surface area contributed by atoms with Crippen LogP contribution in [-0.2, 0) is 0 Å². The predicted molar refractivity (Wildman–Crippen MR) is 53.9 cm³/mol. The van der Waals surface area contributed by atoms with E-state index in [0.29, 0.717) is 12.2 Å². The highest BCUT2D eigenvalue weighted by atomic mass is 19.1. The Morgan fingerprint density at radius 1 is 1.53 bits per heavy atom. The smallest absolute Gasteiger partial charge is 0.342 e. The SMILES string of the molecule is CCCOc1ccc(C)c(F)c1C(=O)O. The fraction of sp³-hybridized carbons (Fsp3) is 0.364. The molecule has 4 heteroatoms. The maximum atomic E-state index is 13.5. The van der Waals surface area contributed by atoms with E-state index in [4.69, 9.17) is 9.84 Å². The van der Waals surface area contributed by atoms with Gasteiger partial charge in [0.15, 0.2) is 0 Å². The van der Waals surface area contributed by atoms with Crippen LogP contribution in [0.25, 0.3) is 0 Å². The van der Waals surface area contributed by atoms with Gasteiger partial charge in [-0.2, -0.15) is 0 Å². The molecule has 0 saturated carbocycles. The van der Waals surface area contributed by atoms with Crippen LogP contribution in [0.1, 0.15) is 29.3 Å². The first-order valence-electron chi connectivity index (χ1n) is 4.73. The minimum Gasteiger partial charge on any atom is -0.493 e. The van der Waals surface area contributed by atoms with E-state index < -0.39 is 11.8 Å². The maximum Gasteiger partial charge on any atom is 0.342 e. The summed E-state index contributed by atoms with van der Waals surface area (Å²) in [6.07, 6.45) is 0.745. The van der Waals surface area contributed by atoms with Crippen LogP contribution in [0.5, 0.6) is 5.75 Å². The molecule has 15 heavy (non-hydrogen) atoms. The van der Waals surface area contributed by atoms with Gasteiger partial charge in [-0.1, -0.05) is 13.0 Å². The third-order valence-corrected chi connectivity index (χ3v) is 1.97. The number of hydrogen-bond acceptors (Lipinski definition) is 2. The van der Waals surface area contributed by atoms with Crippen molar-refractivity contribution >= 4 is 5.97 Å². The number of ether oxygens (including phenoxy) is 1. The number of hydrogen-bond donors (Lipinski definition) is 1. The molecule has 0 heterocycles. The van der Waals surface area contributed by atoms with E-state index in [2.05, 4.69) is 0 Å². The summed E-state index contributed by atoms with van der Waals surface area (Å²) in [5.41, 5.74) is -0.0836. The first-order chi connectivity index (χ1) is 7.07. The van der Waals surface area contributed by atoms with Gasteiger partial charge in [0.25, 0.3) is 0 Å². The summed E-state index contributed by atoms with van der Waals surface area (Å²) < 4.78 is 18.6. The topological polar surface area (TPSA) is 46.5 Å². The molecule has 0 radical (unpaired) electrons. The van der Waals surface area contributed by atoms with Crippen molar-refractivity contribution in [3.05, 3.63) is 29.1 Å². The third-order valence-electron chi connectivity index (χ3n) is 1.97. The second-order valence-electron chi connectivity index (χ2n) is 3.22. The standard InChI is InChI=1S/C11H13FO3/c1-3-6-15-8-5-4-7(2)10(12)9(8)11(13)14/h4-5H,3,6H2,1-2H3,(H,13,14). The molecule has 0 aromatic heterocycles. The van der Waals surface area contributed by atoms with E-state index in [0.717, 1.165) is 6.42 Å². The van der Waals surface area contributed by atoms with Crippen LogP contribution in [0, 0.1) is 12.7 Å². The first kappa shape index (κ1) is 11.5. The summed E-state index contributed by atoms with van der Waals surface area (Å²) in [6.45, 7) is 3.79. The van der Waals surface area contributed by atoms with Gasteiger partial charge in [-0.15, -0.1) is 0 Å². The lowest BCUT2D eigenvalue weighted by molar-refractivity contribution is 0.0686. The summed E-state index contributed by atoms with van der Waals surface area (Å²) in [4.78, 5) is 10.8. The summed E-state index contributed by atoms with van der Waals surface area (Å²) >= 11 is 0. The predicted octanol–water partition coefficient (Wildman–Crippen LogP) is 2.62. The average Bonchev–Trinajstić information content (AvgIpc) is 2.19. The Kier molecular flexibility index (Phi) is 3.66. The van der Waals surface area contributed by atoms with Crippen LogP contribution in [0.4, 0.5) is 4.39 Å². The number of carboxylic acid groups (broad SMARTS) is 1. The lowest BCUT2D eigenvalue weighted by Gasteiger charge is -2.09. The minimum absolute atomic E-state index is 0.0902. The molecule has 0 unspecified atom stereocenters. The molecule has 0 atom stereocenters. The van der Waals surface area contributed by atoms with E-state index in [1.54, 1.807) is 0 Å². The van der Waals surface area contributed by atoms with E-state index in [9.17, 15) is 9.18 Å². The number of aryl methyl sites for hydroxylation is 1. The molecular formula is C11H13FO3. The lowest BCUT2D eigenvalue weighted by Crippen LogP contribution is -2.07. The Morgan fingerprint density at radius 3 is 2.73 bits per heavy atom. The van der Waals surface area contributed by atoms with Gasteiger partial charge in [0.1, 0.15) is 17.1 Å². The molecule has 0 saturated heterocycles. The summed E-state index contributed by atoms with van der Waals surface area (Å²) in [7, 11) is 0. The fourth-order valence-corrected chi connectivity index (χ4v) is 1.19. The van der Waals surface area contributed by atoms with Crippen LogP contribution in [-0.4, -0.2) is 17.7 Å². The van der Waals surface area contributed by atoms with Crippen molar-refractivity contribution in [3.63, 3.8) is 0 Å². The fourth-order valence-electron chi connectivity index (χ4n) is 1.19. The van der Waals surface area contributed by atoms with Gasteiger partial charge in [0.2, 0.25) is 0 Å². The van der Waals surface area contributed by atoms with Crippen molar-refractivity contribution in [1.29, 1.82) is 0 Å². The Balaban J connectivity index is 3.15. The lowest BCUT2D eigenvalue weighted by atomic mass is 10.1. The monoisotopic (exact) mass is 212 g/mol. The molecule has 0 spiro atoms. The van der Waals surface area contributed by atoms with Gasteiger partial charge in [-0.25, -0.2) is 9.18 Å². The van der Waals surface area contributed by atoms with E-state index in [1.807, 2.05) is 6.92 Å². The molecule has 0 amide bonds. The van der Waals surface area contributed by atoms with Gasteiger partial charge in [-0.3, -0.25) is 0 Å². The Labute approximate surface area is 87.5 Å². The van der Waals surface area contributed by atoms with Crippen molar-refractivity contribution in [3.8, 4) is 5.75 Å². The van der Waals surface area contributed by atoms with Crippen molar-refractivity contribution < 1.29 is 19.0 Å². The Hall–Kier alpha value is -1.58. The van der Waals surface area contributed by atoms with Crippen LogP contribution >= 0.6 is 0 Å². The van der Waals surface area contributed by atoms with E-state index in [-0.39, 0.29) is 11.3 Å². The van der Waals surface area contributed by atoms with Gasteiger partial charge < -0.3 is 9.84 Å². The van der Waals surface area contributed by atoms with Gasteiger partial charge in [-0.05, 0) is 25.0 Å². The molecule has 0 fully saturated rings. The normalized spacial score (nSPS) is 10.1. The zero-order chi connectivity index (χ0) is 11.4. The molecule has 0 bridgehead atoms. The molecule has 0 aliphatic rings. The van der Waals surface area contributed by atoms with Crippen molar-refractivity contribution in [1.82, 2.24) is 0 Å². The van der Waals surface area contributed by atoms with Crippen LogP contribution in [0.3, 0.4) is 0 Å². The molecule has 0 aliphatic carbocycles. The van der Waals surface area contributed by atoms with Gasteiger partial charge >= 0.3 is 5.97 Å². The number of benzene rings is 1. The molecule has 3 nitrogen and oxygen atoms in total. The molecule has 82 valence electrons. The third kappa shape index (κ3) is 2.46. The number of carbonyl (C=O) groups is 1. The second-order valence-corrected chi connectivity index (χ2v) is 3.22. The highest BCUT2D eigenvalue weighted by Gasteiger charge is 2.18. The zero-order valence-electron chi connectivity index (χ0n) is 8.71. The van der Waals surface area contributed by atoms with Gasteiger partial charge in [0.05, 0.1) is 6.61 Å². The highest BCUT2D eigenvalue weighted by Crippen LogP contribution is 2.24. The number of rotatable bonds is 4. The largest absolute Gasteiger partial charge is 0.493 e. The first-order valence-corrected chi connectivity index (χ1v) is 4.73. The molecule has 0 aliphatic heterocycles. The van der Waals surface area contributed by atoms with Crippen LogP contribution in [0.15, 0.2) is 12.1 Å². The zero-order valence-corrected chi connectivity index (χ0v) is 8.71. The Morgan fingerprint density at radius 2 is 2.20 bits per heavy atom. The van der Waals surface area contributed by atoms with E-state index >= 15 is 0 Å². The summed E-state index contributed by atoms with van der Waals surface area (Å²) in [5, 5.41) is 8.85. The second kappa shape index (κ2) is 4.77. The molecule has 1 aromatic rings. The molecule has 1 N–H and O–H groups in total. The summed E-state index contributed by atoms with van der Waals surface area (Å²) in [5.74, 6) is -1.94. The van der Waals surface area contributed by atoms with Crippen LogP contribution in [0.2, 0.25) is 0 Å². The average molecular weight is 212 g/mol.